The maximum Gasteiger partial charge on any atom is 0.206 e. The first-order valence-electron chi connectivity index (χ1n) is 7.00. The summed E-state index contributed by atoms with van der Waals surface area (Å²) in [6.45, 7) is 6.49. The lowest BCUT2D eigenvalue weighted by atomic mass is 10.0. The standard InChI is InChI=1S/C15H26N4O/c1-12(2)14-7-5-13(6-8-14)11-18-15(19-16)17-9-4-10-20-3/h5-8,12H,4,9-11,16H2,1-3H3,(H2,17,18,19). The number of benzene rings is 1. The fourth-order valence-electron chi connectivity index (χ4n) is 1.75. The van der Waals surface area contributed by atoms with Gasteiger partial charge >= 0.3 is 0 Å². The van der Waals surface area contributed by atoms with Crippen LogP contribution in [-0.2, 0) is 11.3 Å². The zero-order valence-corrected chi connectivity index (χ0v) is 12.6. The van der Waals surface area contributed by atoms with Crippen LogP contribution in [0.3, 0.4) is 0 Å². The Kier molecular flexibility index (Phi) is 7.69. The molecular formula is C15H26N4O. The SMILES string of the molecule is COCCCNC(=NCc1ccc(C(C)C)cc1)NN. The normalized spacial score (nSPS) is 11.8. The van der Waals surface area contributed by atoms with Gasteiger partial charge in [0.1, 0.15) is 0 Å². The summed E-state index contributed by atoms with van der Waals surface area (Å²) >= 11 is 0. The Bertz CT molecular complexity index is 401. The molecule has 0 fully saturated rings. The predicted octanol–water partition coefficient (Wildman–Crippen LogP) is 1.76. The quantitative estimate of drug-likeness (QED) is 0.234. The molecule has 0 atom stereocenters. The van der Waals surface area contributed by atoms with Gasteiger partial charge in [0.2, 0.25) is 5.96 Å². The smallest absolute Gasteiger partial charge is 0.206 e. The lowest BCUT2D eigenvalue weighted by molar-refractivity contribution is 0.195. The van der Waals surface area contributed by atoms with Crippen molar-refractivity contribution in [3.8, 4) is 0 Å². The van der Waals surface area contributed by atoms with E-state index in [2.05, 4.69) is 53.8 Å². The molecule has 0 radical (unpaired) electrons. The maximum absolute atomic E-state index is 5.44. The number of aliphatic imine (C=N–C) groups is 1. The van der Waals surface area contributed by atoms with Crippen molar-refractivity contribution >= 4 is 5.96 Å². The number of rotatable bonds is 7. The second-order valence-corrected chi connectivity index (χ2v) is 4.98. The van der Waals surface area contributed by atoms with Crippen LogP contribution in [0.2, 0.25) is 0 Å². The van der Waals surface area contributed by atoms with Gasteiger partial charge < -0.3 is 10.1 Å². The number of hydrazine groups is 1. The summed E-state index contributed by atoms with van der Waals surface area (Å²) in [6.07, 6.45) is 0.917. The van der Waals surface area contributed by atoms with Crippen molar-refractivity contribution in [1.82, 2.24) is 10.7 Å². The average molecular weight is 278 g/mol. The number of hydrogen-bond donors (Lipinski definition) is 3. The first-order valence-corrected chi connectivity index (χ1v) is 7.00. The van der Waals surface area contributed by atoms with Gasteiger partial charge in [-0.05, 0) is 23.5 Å². The highest BCUT2D eigenvalue weighted by Gasteiger charge is 1.99. The summed E-state index contributed by atoms with van der Waals surface area (Å²) in [5.74, 6) is 6.60. The Morgan fingerprint density at radius 1 is 1.30 bits per heavy atom. The minimum Gasteiger partial charge on any atom is -0.385 e. The van der Waals surface area contributed by atoms with Crippen molar-refractivity contribution in [2.24, 2.45) is 10.8 Å². The molecule has 0 saturated heterocycles. The number of methoxy groups -OCH3 is 1. The number of guanidine groups is 1. The summed E-state index contributed by atoms with van der Waals surface area (Å²) in [6, 6.07) is 8.52. The molecule has 5 heteroatoms. The molecule has 0 aromatic heterocycles. The van der Waals surface area contributed by atoms with E-state index in [1.165, 1.54) is 11.1 Å². The minimum atomic E-state index is 0.552. The molecule has 1 aromatic carbocycles. The molecule has 0 saturated carbocycles. The van der Waals surface area contributed by atoms with Gasteiger partial charge in [0.05, 0.1) is 6.54 Å². The van der Waals surface area contributed by atoms with Crippen LogP contribution in [0.5, 0.6) is 0 Å². The predicted molar refractivity (Wildman–Crippen MR) is 83.5 cm³/mol. The fourth-order valence-corrected chi connectivity index (χ4v) is 1.75. The van der Waals surface area contributed by atoms with Gasteiger partial charge in [-0.15, -0.1) is 0 Å². The van der Waals surface area contributed by atoms with Crippen LogP contribution in [-0.4, -0.2) is 26.2 Å². The second kappa shape index (κ2) is 9.34. The maximum atomic E-state index is 5.44. The van der Waals surface area contributed by atoms with Gasteiger partial charge in [0, 0.05) is 20.3 Å². The average Bonchev–Trinajstić information content (AvgIpc) is 2.47. The van der Waals surface area contributed by atoms with E-state index in [1.807, 2.05) is 0 Å². The highest BCUT2D eigenvalue weighted by atomic mass is 16.5. The number of ether oxygens (including phenoxy) is 1. The lowest BCUT2D eigenvalue weighted by Gasteiger charge is -2.09. The van der Waals surface area contributed by atoms with Crippen LogP contribution in [0.4, 0.5) is 0 Å². The molecule has 4 N–H and O–H groups in total. The molecule has 0 amide bonds. The summed E-state index contributed by atoms with van der Waals surface area (Å²) in [5.41, 5.74) is 5.08. The van der Waals surface area contributed by atoms with E-state index in [0.29, 0.717) is 18.4 Å². The zero-order valence-electron chi connectivity index (χ0n) is 12.6. The van der Waals surface area contributed by atoms with E-state index < -0.39 is 0 Å². The van der Waals surface area contributed by atoms with Gasteiger partial charge in [-0.3, -0.25) is 5.43 Å². The van der Waals surface area contributed by atoms with Crippen LogP contribution in [0.25, 0.3) is 0 Å². The third kappa shape index (κ3) is 6.04. The van der Waals surface area contributed by atoms with Crippen LogP contribution < -0.4 is 16.6 Å². The Hall–Kier alpha value is -1.59. The summed E-state index contributed by atoms with van der Waals surface area (Å²) < 4.78 is 4.99. The molecule has 0 spiro atoms. The number of hydrogen-bond acceptors (Lipinski definition) is 3. The largest absolute Gasteiger partial charge is 0.385 e. The van der Waals surface area contributed by atoms with Crippen molar-refractivity contribution < 1.29 is 4.74 Å². The fraction of sp³-hybridized carbons (Fsp3) is 0.533. The van der Waals surface area contributed by atoms with Crippen molar-refractivity contribution in [1.29, 1.82) is 0 Å². The second-order valence-electron chi connectivity index (χ2n) is 4.98. The van der Waals surface area contributed by atoms with E-state index in [1.54, 1.807) is 7.11 Å². The molecule has 1 rings (SSSR count). The molecular weight excluding hydrogens is 252 g/mol. The molecule has 1 aromatic rings. The minimum absolute atomic E-state index is 0.552. The van der Waals surface area contributed by atoms with E-state index in [4.69, 9.17) is 10.6 Å². The third-order valence-corrected chi connectivity index (χ3v) is 3.02. The zero-order chi connectivity index (χ0) is 14.8. The molecule has 0 heterocycles. The van der Waals surface area contributed by atoms with Gasteiger partial charge in [0.15, 0.2) is 0 Å². The Labute approximate surface area is 121 Å². The monoisotopic (exact) mass is 278 g/mol. The highest BCUT2D eigenvalue weighted by molar-refractivity contribution is 5.79. The molecule has 0 aliphatic carbocycles. The molecule has 0 bridgehead atoms. The molecule has 20 heavy (non-hydrogen) atoms. The van der Waals surface area contributed by atoms with Crippen LogP contribution in [0, 0.1) is 0 Å². The Morgan fingerprint density at radius 3 is 2.55 bits per heavy atom. The van der Waals surface area contributed by atoms with Gasteiger partial charge in [0.25, 0.3) is 0 Å². The first-order chi connectivity index (χ1) is 9.67. The molecule has 0 aliphatic heterocycles. The lowest BCUT2D eigenvalue weighted by Crippen LogP contribution is -2.42. The van der Waals surface area contributed by atoms with Crippen LogP contribution in [0.1, 0.15) is 37.3 Å². The van der Waals surface area contributed by atoms with Crippen molar-refractivity contribution in [2.45, 2.75) is 32.7 Å². The van der Waals surface area contributed by atoms with Gasteiger partial charge in [-0.25, -0.2) is 10.8 Å². The molecule has 112 valence electrons. The van der Waals surface area contributed by atoms with E-state index in [-0.39, 0.29) is 0 Å². The van der Waals surface area contributed by atoms with Crippen LogP contribution in [0.15, 0.2) is 29.3 Å². The summed E-state index contributed by atoms with van der Waals surface area (Å²) in [5, 5.41) is 3.14. The van der Waals surface area contributed by atoms with Crippen LogP contribution >= 0.6 is 0 Å². The van der Waals surface area contributed by atoms with Crippen molar-refractivity contribution in [3.63, 3.8) is 0 Å². The van der Waals surface area contributed by atoms with Gasteiger partial charge in [-0.2, -0.15) is 0 Å². The molecule has 5 nitrogen and oxygen atoms in total. The van der Waals surface area contributed by atoms with Crippen molar-refractivity contribution in [2.75, 3.05) is 20.3 Å². The Balaban J connectivity index is 2.46. The van der Waals surface area contributed by atoms with Crippen molar-refractivity contribution in [3.05, 3.63) is 35.4 Å². The number of nitrogens with zero attached hydrogens (tertiary/aromatic N) is 1. The summed E-state index contributed by atoms with van der Waals surface area (Å²) in [7, 11) is 1.69. The van der Waals surface area contributed by atoms with E-state index >= 15 is 0 Å². The van der Waals surface area contributed by atoms with E-state index in [0.717, 1.165) is 19.6 Å². The third-order valence-electron chi connectivity index (χ3n) is 3.02. The van der Waals surface area contributed by atoms with E-state index in [9.17, 15) is 0 Å². The summed E-state index contributed by atoms with van der Waals surface area (Å²) in [4.78, 5) is 4.41. The highest BCUT2D eigenvalue weighted by Crippen LogP contribution is 2.14. The topological polar surface area (TPSA) is 71.7 Å². The molecule has 0 unspecified atom stereocenters. The molecule has 0 aliphatic rings. The van der Waals surface area contributed by atoms with Gasteiger partial charge in [-0.1, -0.05) is 38.1 Å². The number of nitrogens with one attached hydrogen (secondary N) is 2. The Morgan fingerprint density at radius 2 is 2.00 bits per heavy atom. The first kappa shape index (κ1) is 16.5. The number of nitrogens with two attached hydrogens (primary N) is 1.